The van der Waals surface area contributed by atoms with Crippen molar-refractivity contribution in [1.82, 2.24) is 14.9 Å². The van der Waals surface area contributed by atoms with Crippen LogP contribution in [-0.2, 0) is 6.54 Å². The summed E-state index contributed by atoms with van der Waals surface area (Å²) in [7, 11) is 3.68. The van der Waals surface area contributed by atoms with Crippen molar-refractivity contribution in [2.24, 2.45) is 0 Å². The molecule has 2 aromatic carbocycles. The number of aromatic amines is 1. The third kappa shape index (κ3) is 3.31. The van der Waals surface area contributed by atoms with E-state index in [-0.39, 0.29) is 11.6 Å². The van der Waals surface area contributed by atoms with Crippen molar-refractivity contribution in [2.75, 3.05) is 14.2 Å². The Morgan fingerprint density at radius 2 is 1.88 bits per heavy atom. The molecule has 1 unspecified atom stereocenters. The van der Waals surface area contributed by atoms with Crippen LogP contribution in [-0.4, -0.2) is 29.0 Å². The molecule has 1 N–H and O–H groups in total. The molecule has 0 spiro atoms. The van der Waals surface area contributed by atoms with Crippen molar-refractivity contribution in [1.29, 1.82) is 0 Å². The third-order valence-electron chi connectivity index (χ3n) is 4.28. The Bertz CT molecular complexity index is 887. The minimum atomic E-state index is -0.0969. The largest absolute Gasteiger partial charge is 0.497 e. The van der Waals surface area contributed by atoms with E-state index in [4.69, 9.17) is 4.74 Å². The highest BCUT2D eigenvalue weighted by Gasteiger charge is 2.16. The zero-order valence-electron chi connectivity index (χ0n) is 14.1. The number of para-hydroxylation sites is 1. The first-order chi connectivity index (χ1) is 11.6. The number of rotatable bonds is 5. The smallest absolute Gasteiger partial charge is 0.258 e. The van der Waals surface area contributed by atoms with Crippen LogP contribution >= 0.6 is 0 Å². The lowest BCUT2D eigenvalue weighted by atomic mass is 10.1. The van der Waals surface area contributed by atoms with Crippen molar-refractivity contribution in [3.63, 3.8) is 0 Å². The highest BCUT2D eigenvalue weighted by molar-refractivity contribution is 5.77. The van der Waals surface area contributed by atoms with Crippen LogP contribution in [0.5, 0.6) is 5.75 Å². The lowest BCUT2D eigenvalue weighted by molar-refractivity contribution is 0.244. The molecule has 124 valence electrons. The zero-order chi connectivity index (χ0) is 17.1. The Kier molecular flexibility index (Phi) is 4.62. The predicted molar refractivity (Wildman–Crippen MR) is 95.2 cm³/mol. The predicted octanol–water partition coefficient (Wildman–Crippen LogP) is 3.12. The van der Waals surface area contributed by atoms with Gasteiger partial charge < -0.3 is 9.72 Å². The summed E-state index contributed by atoms with van der Waals surface area (Å²) in [5, 5.41) is 0.617. The van der Waals surface area contributed by atoms with Gasteiger partial charge in [0, 0.05) is 6.54 Å². The Morgan fingerprint density at radius 3 is 2.58 bits per heavy atom. The molecular weight excluding hydrogens is 302 g/mol. The van der Waals surface area contributed by atoms with Crippen LogP contribution in [0.15, 0.2) is 53.3 Å². The molecule has 0 aliphatic heterocycles. The standard InChI is InChI=1S/C19H21N3O2/c1-13(22(2)12-14-8-10-15(24-3)11-9-14)18-20-17-7-5-4-6-16(17)19(23)21-18/h4-11,13H,12H2,1-3H3,(H,20,21,23). The van der Waals surface area contributed by atoms with Gasteiger partial charge in [-0.1, -0.05) is 24.3 Å². The number of ether oxygens (including phenoxy) is 1. The van der Waals surface area contributed by atoms with Gasteiger partial charge in [-0.05, 0) is 43.8 Å². The molecule has 0 aliphatic carbocycles. The van der Waals surface area contributed by atoms with Gasteiger partial charge in [-0.25, -0.2) is 4.98 Å². The van der Waals surface area contributed by atoms with E-state index < -0.39 is 0 Å². The minimum absolute atomic E-state index is 0.00981. The molecule has 3 aromatic rings. The van der Waals surface area contributed by atoms with Gasteiger partial charge in [0.15, 0.2) is 0 Å². The first kappa shape index (κ1) is 16.2. The number of benzene rings is 2. The average molecular weight is 323 g/mol. The molecule has 0 aliphatic rings. The Morgan fingerprint density at radius 1 is 1.17 bits per heavy atom. The topological polar surface area (TPSA) is 58.2 Å². The van der Waals surface area contributed by atoms with Crippen LogP contribution in [0.2, 0.25) is 0 Å². The normalized spacial score (nSPS) is 12.5. The van der Waals surface area contributed by atoms with E-state index in [1.165, 1.54) is 5.56 Å². The lowest BCUT2D eigenvalue weighted by Crippen LogP contribution is -2.26. The second kappa shape index (κ2) is 6.84. The molecule has 5 nitrogen and oxygen atoms in total. The number of hydrogen-bond donors (Lipinski definition) is 1. The van der Waals surface area contributed by atoms with Gasteiger partial charge in [-0.3, -0.25) is 9.69 Å². The molecule has 1 atom stereocenters. The molecule has 24 heavy (non-hydrogen) atoms. The van der Waals surface area contributed by atoms with E-state index in [0.29, 0.717) is 11.2 Å². The summed E-state index contributed by atoms with van der Waals surface area (Å²) < 4.78 is 5.18. The van der Waals surface area contributed by atoms with Crippen molar-refractivity contribution in [3.8, 4) is 5.75 Å². The minimum Gasteiger partial charge on any atom is -0.497 e. The summed E-state index contributed by atoms with van der Waals surface area (Å²) >= 11 is 0. The highest BCUT2D eigenvalue weighted by Crippen LogP contribution is 2.19. The Labute approximate surface area is 140 Å². The quantitative estimate of drug-likeness (QED) is 0.784. The van der Waals surface area contributed by atoms with Gasteiger partial charge in [0.2, 0.25) is 0 Å². The lowest BCUT2D eigenvalue weighted by Gasteiger charge is -2.24. The molecule has 3 rings (SSSR count). The number of methoxy groups -OCH3 is 1. The van der Waals surface area contributed by atoms with Crippen LogP contribution < -0.4 is 10.3 Å². The van der Waals surface area contributed by atoms with E-state index in [1.807, 2.05) is 56.4 Å². The fourth-order valence-corrected chi connectivity index (χ4v) is 2.67. The van der Waals surface area contributed by atoms with Crippen LogP contribution in [0.4, 0.5) is 0 Å². The van der Waals surface area contributed by atoms with Crippen LogP contribution in [0.1, 0.15) is 24.4 Å². The number of aromatic nitrogens is 2. The van der Waals surface area contributed by atoms with E-state index >= 15 is 0 Å². The van der Waals surface area contributed by atoms with Gasteiger partial charge in [0.25, 0.3) is 5.56 Å². The van der Waals surface area contributed by atoms with Crippen molar-refractivity contribution >= 4 is 10.9 Å². The SMILES string of the molecule is COc1ccc(CN(C)C(C)c2nc3ccccc3c(=O)[nH]2)cc1. The summed E-state index contributed by atoms with van der Waals surface area (Å²) in [6.45, 7) is 2.79. The molecule has 0 bridgehead atoms. The molecule has 0 saturated carbocycles. The van der Waals surface area contributed by atoms with Gasteiger partial charge >= 0.3 is 0 Å². The molecule has 5 heteroatoms. The van der Waals surface area contributed by atoms with E-state index in [0.717, 1.165) is 17.8 Å². The molecule has 0 saturated heterocycles. The average Bonchev–Trinajstić information content (AvgIpc) is 2.61. The van der Waals surface area contributed by atoms with Crippen LogP contribution in [0, 0.1) is 0 Å². The highest BCUT2D eigenvalue weighted by atomic mass is 16.5. The van der Waals surface area contributed by atoms with Gasteiger partial charge in [0.1, 0.15) is 11.6 Å². The molecule has 1 aromatic heterocycles. The van der Waals surface area contributed by atoms with Crippen molar-refractivity contribution < 1.29 is 4.74 Å². The third-order valence-corrected chi connectivity index (χ3v) is 4.28. The maximum Gasteiger partial charge on any atom is 0.258 e. The summed E-state index contributed by atoms with van der Waals surface area (Å²) in [5.41, 5.74) is 1.80. The van der Waals surface area contributed by atoms with Crippen LogP contribution in [0.3, 0.4) is 0 Å². The summed E-state index contributed by atoms with van der Waals surface area (Å²) in [4.78, 5) is 21.9. The molecule has 0 radical (unpaired) electrons. The van der Waals surface area contributed by atoms with Gasteiger partial charge in [-0.15, -0.1) is 0 Å². The van der Waals surface area contributed by atoms with E-state index in [9.17, 15) is 4.79 Å². The van der Waals surface area contributed by atoms with Crippen molar-refractivity contribution in [2.45, 2.75) is 19.5 Å². The summed E-state index contributed by atoms with van der Waals surface area (Å²) in [5.74, 6) is 1.52. The fourth-order valence-electron chi connectivity index (χ4n) is 2.67. The molecular formula is C19H21N3O2. The second-order valence-electron chi connectivity index (χ2n) is 5.91. The first-order valence-electron chi connectivity index (χ1n) is 7.90. The zero-order valence-corrected chi connectivity index (χ0v) is 14.1. The van der Waals surface area contributed by atoms with Crippen molar-refractivity contribution in [3.05, 3.63) is 70.3 Å². The number of nitrogens with zero attached hydrogens (tertiary/aromatic N) is 2. The van der Waals surface area contributed by atoms with E-state index in [1.54, 1.807) is 13.2 Å². The maximum absolute atomic E-state index is 12.2. The number of hydrogen-bond acceptors (Lipinski definition) is 4. The van der Waals surface area contributed by atoms with Gasteiger partial charge in [0.05, 0.1) is 24.1 Å². The second-order valence-corrected chi connectivity index (χ2v) is 5.91. The number of nitrogens with one attached hydrogen (secondary N) is 1. The van der Waals surface area contributed by atoms with Gasteiger partial charge in [-0.2, -0.15) is 0 Å². The Hall–Kier alpha value is -2.66. The summed E-state index contributed by atoms with van der Waals surface area (Å²) in [6, 6.07) is 15.4. The molecule has 1 heterocycles. The van der Waals surface area contributed by atoms with E-state index in [2.05, 4.69) is 14.9 Å². The summed E-state index contributed by atoms with van der Waals surface area (Å²) in [6.07, 6.45) is 0. The first-order valence-corrected chi connectivity index (χ1v) is 7.90. The Balaban J connectivity index is 1.82. The number of H-pyrrole nitrogens is 1. The molecule has 0 amide bonds. The fraction of sp³-hybridized carbons (Fsp3) is 0.263. The number of fused-ring (bicyclic) bond motifs is 1. The molecule has 0 fully saturated rings. The maximum atomic E-state index is 12.2. The monoisotopic (exact) mass is 323 g/mol. The van der Waals surface area contributed by atoms with Crippen LogP contribution in [0.25, 0.3) is 10.9 Å².